The van der Waals surface area contributed by atoms with Crippen LogP contribution in [0.5, 0.6) is 0 Å². The quantitative estimate of drug-likeness (QED) is 0.370. The van der Waals surface area contributed by atoms with Crippen LogP contribution in [0.25, 0.3) is 0 Å². The van der Waals surface area contributed by atoms with Crippen LogP contribution in [0.4, 0.5) is 5.95 Å². The van der Waals surface area contributed by atoms with Gasteiger partial charge >= 0.3 is 0 Å². The third kappa shape index (κ3) is 5.14. The van der Waals surface area contributed by atoms with Crippen LogP contribution in [0.3, 0.4) is 0 Å². The number of aryl methyl sites for hydroxylation is 1. The zero-order valence-corrected chi connectivity index (χ0v) is 19.0. The first-order chi connectivity index (χ1) is 16.1. The minimum atomic E-state index is -0.479. The van der Waals surface area contributed by atoms with Crippen LogP contribution in [-0.2, 0) is 19.5 Å². The molecule has 10 nitrogen and oxygen atoms in total. The summed E-state index contributed by atoms with van der Waals surface area (Å²) in [6.07, 6.45) is 4.31. The molecule has 170 valence electrons. The van der Waals surface area contributed by atoms with Gasteiger partial charge in [-0.1, -0.05) is 36.6 Å². The summed E-state index contributed by atoms with van der Waals surface area (Å²) >= 11 is 1.55. The molecule has 4 aromatic rings. The molecule has 0 aliphatic rings. The molecule has 4 rings (SSSR count). The highest BCUT2D eigenvalue weighted by Crippen LogP contribution is 2.21. The van der Waals surface area contributed by atoms with Crippen molar-refractivity contribution in [3.05, 3.63) is 75.5 Å². The molecule has 3 N–H and O–H groups in total. The van der Waals surface area contributed by atoms with Crippen molar-refractivity contribution in [3.63, 3.8) is 0 Å². The number of anilines is 1. The number of tetrazole rings is 1. The maximum Gasteiger partial charge on any atom is 0.279 e. The van der Waals surface area contributed by atoms with Gasteiger partial charge in [-0.05, 0) is 40.8 Å². The van der Waals surface area contributed by atoms with Gasteiger partial charge in [-0.15, -0.1) is 16.4 Å². The van der Waals surface area contributed by atoms with E-state index >= 15 is 0 Å². The van der Waals surface area contributed by atoms with E-state index in [1.807, 2.05) is 34.2 Å². The molecule has 3 heterocycles. The molecule has 0 bridgehead atoms. The molecular formula is C22H24N8O2S. The molecule has 11 heteroatoms. The Bertz CT molecular complexity index is 1200. The van der Waals surface area contributed by atoms with E-state index in [1.165, 1.54) is 4.90 Å². The van der Waals surface area contributed by atoms with Crippen molar-refractivity contribution >= 4 is 29.1 Å². The first-order valence-electron chi connectivity index (χ1n) is 10.6. The van der Waals surface area contributed by atoms with Crippen LogP contribution >= 0.6 is 11.3 Å². The average Bonchev–Trinajstić information content (AvgIpc) is 3.59. The van der Waals surface area contributed by atoms with Crippen LogP contribution < -0.4 is 10.6 Å². The fourth-order valence-electron chi connectivity index (χ4n) is 3.45. The van der Waals surface area contributed by atoms with Gasteiger partial charge in [0.05, 0.1) is 12.7 Å². The Morgan fingerprint density at radius 3 is 2.67 bits per heavy atom. The van der Waals surface area contributed by atoms with Crippen molar-refractivity contribution in [1.29, 1.82) is 0 Å². The summed E-state index contributed by atoms with van der Waals surface area (Å²) in [6, 6.07) is 10.9. The first-order valence-corrected chi connectivity index (χ1v) is 11.5. The van der Waals surface area contributed by atoms with E-state index in [9.17, 15) is 9.59 Å². The zero-order valence-electron chi connectivity index (χ0n) is 18.1. The first kappa shape index (κ1) is 22.3. The van der Waals surface area contributed by atoms with Gasteiger partial charge in [0.1, 0.15) is 11.5 Å². The number of hydrogen-bond donors (Lipinski definition) is 2. The number of primary amides is 1. The van der Waals surface area contributed by atoms with Gasteiger partial charge in [0.15, 0.2) is 0 Å². The Kier molecular flexibility index (Phi) is 6.89. The van der Waals surface area contributed by atoms with Crippen LogP contribution in [-0.4, -0.2) is 42.0 Å². The van der Waals surface area contributed by atoms with Gasteiger partial charge < -0.3 is 10.3 Å². The number of nitrogens with two attached hydrogens (primary N) is 1. The molecule has 0 saturated carbocycles. The van der Waals surface area contributed by atoms with Crippen molar-refractivity contribution < 1.29 is 9.59 Å². The summed E-state index contributed by atoms with van der Waals surface area (Å²) in [5, 5.41) is 16.1. The number of nitrogens with one attached hydrogen (secondary N) is 1. The number of hydrogen-bond acceptors (Lipinski definition) is 7. The molecule has 0 fully saturated rings. The Balaban J connectivity index is 1.68. The number of thiophene rings is 1. The molecule has 1 aromatic carbocycles. The fraction of sp³-hybridized carbons (Fsp3) is 0.273. The second-order valence-corrected chi connectivity index (χ2v) is 8.53. The van der Waals surface area contributed by atoms with Crippen LogP contribution in [0.15, 0.2) is 48.0 Å². The topological polar surface area (TPSA) is 136 Å². The van der Waals surface area contributed by atoms with Crippen molar-refractivity contribution in [2.45, 2.75) is 39.3 Å². The van der Waals surface area contributed by atoms with Gasteiger partial charge in [-0.25, -0.2) is 4.98 Å². The number of aromatic nitrogens is 6. The second kappa shape index (κ2) is 10.2. The molecular weight excluding hydrogens is 440 g/mol. The van der Waals surface area contributed by atoms with Gasteiger partial charge in [0, 0.05) is 23.4 Å². The van der Waals surface area contributed by atoms with Gasteiger partial charge in [0.2, 0.25) is 5.91 Å². The van der Waals surface area contributed by atoms with Crippen molar-refractivity contribution in [1.82, 2.24) is 30.2 Å². The lowest BCUT2D eigenvalue weighted by molar-refractivity contribution is 0.0972. The molecule has 0 unspecified atom stereocenters. The molecule has 0 aliphatic heterocycles. The number of amides is 2. The van der Waals surface area contributed by atoms with E-state index in [2.05, 4.69) is 32.5 Å². The predicted octanol–water partition coefficient (Wildman–Crippen LogP) is 2.79. The van der Waals surface area contributed by atoms with E-state index in [0.29, 0.717) is 24.3 Å². The number of H-pyrrole nitrogens is 1. The molecule has 0 spiro atoms. The molecule has 0 atom stereocenters. The average molecular weight is 465 g/mol. The minimum Gasteiger partial charge on any atom is -0.366 e. The van der Waals surface area contributed by atoms with Gasteiger partial charge in [-0.2, -0.15) is 5.21 Å². The summed E-state index contributed by atoms with van der Waals surface area (Å²) in [5.74, 6) is 0.271. The highest BCUT2D eigenvalue weighted by atomic mass is 32.1. The SMILES string of the molecule is CCCCc1ncc(C(=O)N(Cc2cccs2)c2nn[nH]n2)n1Cc1ccc(C(N)=O)cc1. The largest absolute Gasteiger partial charge is 0.366 e. The summed E-state index contributed by atoms with van der Waals surface area (Å²) < 4.78 is 1.92. The van der Waals surface area contributed by atoms with Gasteiger partial charge in [-0.3, -0.25) is 14.5 Å². The Labute approximate surface area is 194 Å². The molecule has 33 heavy (non-hydrogen) atoms. The van der Waals surface area contributed by atoms with Crippen LogP contribution in [0, 0.1) is 0 Å². The second-order valence-electron chi connectivity index (χ2n) is 7.49. The van der Waals surface area contributed by atoms with Crippen molar-refractivity contribution in [2.75, 3.05) is 4.90 Å². The smallest absolute Gasteiger partial charge is 0.279 e. The lowest BCUT2D eigenvalue weighted by Crippen LogP contribution is -2.33. The minimum absolute atomic E-state index is 0.196. The number of unbranched alkanes of at least 4 members (excludes halogenated alkanes) is 1. The van der Waals surface area contributed by atoms with E-state index in [-0.39, 0.29) is 11.9 Å². The lowest BCUT2D eigenvalue weighted by Gasteiger charge is -2.19. The van der Waals surface area contributed by atoms with E-state index in [0.717, 1.165) is 35.5 Å². The van der Waals surface area contributed by atoms with Gasteiger partial charge in [0.25, 0.3) is 11.9 Å². The zero-order chi connectivity index (χ0) is 23.2. The number of imidazole rings is 1. The van der Waals surface area contributed by atoms with E-state index < -0.39 is 5.91 Å². The third-order valence-electron chi connectivity index (χ3n) is 5.21. The number of rotatable bonds is 10. The molecule has 0 saturated heterocycles. The number of nitrogens with zero attached hydrogens (tertiary/aromatic N) is 6. The monoisotopic (exact) mass is 464 g/mol. The summed E-state index contributed by atoms with van der Waals surface area (Å²) in [7, 11) is 0. The van der Waals surface area contributed by atoms with Crippen LogP contribution in [0.2, 0.25) is 0 Å². The highest BCUT2D eigenvalue weighted by Gasteiger charge is 2.26. The lowest BCUT2D eigenvalue weighted by atomic mass is 10.1. The Morgan fingerprint density at radius 2 is 2.03 bits per heavy atom. The number of carbonyl (C=O) groups excluding carboxylic acids is 2. The predicted molar refractivity (Wildman–Crippen MR) is 124 cm³/mol. The molecule has 3 aromatic heterocycles. The van der Waals surface area contributed by atoms with Crippen molar-refractivity contribution in [2.24, 2.45) is 5.73 Å². The van der Waals surface area contributed by atoms with Crippen LogP contribution in [0.1, 0.15) is 56.9 Å². The number of carbonyl (C=O) groups is 2. The molecule has 0 radical (unpaired) electrons. The number of aromatic amines is 1. The molecule has 2 amide bonds. The maximum atomic E-state index is 13.7. The summed E-state index contributed by atoms with van der Waals surface area (Å²) in [5.41, 5.74) is 7.15. The molecule has 0 aliphatic carbocycles. The number of benzene rings is 1. The Hall–Kier alpha value is -3.86. The normalized spacial score (nSPS) is 10.9. The van der Waals surface area contributed by atoms with E-state index in [1.54, 1.807) is 29.7 Å². The fourth-order valence-corrected chi connectivity index (χ4v) is 4.15. The van der Waals surface area contributed by atoms with Crippen molar-refractivity contribution in [3.8, 4) is 0 Å². The summed E-state index contributed by atoms with van der Waals surface area (Å²) in [4.78, 5) is 32.1. The highest BCUT2D eigenvalue weighted by molar-refractivity contribution is 7.09. The standard InChI is InChI=1S/C22H24N8O2S/c1-2-3-6-19-24-12-18(29(19)13-15-7-9-16(10-8-15)20(23)31)21(32)30(22-25-27-28-26-22)14-17-5-4-11-33-17/h4-5,7-12H,2-3,6,13-14H2,1H3,(H2,23,31)(H,25,26,27,28). The van der Waals surface area contributed by atoms with E-state index in [4.69, 9.17) is 5.73 Å². The maximum absolute atomic E-state index is 13.7. The third-order valence-corrected chi connectivity index (χ3v) is 6.07. The Morgan fingerprint density at radius 1 is 1.21 bits per heavy atom. The summed E-state index contributed by atoms with van der Waals surface area (Å²) in [6.45, 7) is 2.86.